The van der Waals surface area contributed by atoms with Gasteiger partial charge in [0.25, 0.3) is 0 Å². The van der Waals surface area contributed by atoms with E-state index in [4.69, 9.17) is 0 Å². The van der Waals surface area contributed by atoms with Crippen molar-refractivity contribution in [1.82, 2.24) is 0 Å². The largest absolute Gasteiger partial charge is 0.310 e. The van der Waals surface area contributed by atoms with E-state index >= 15 is 0 Å². The van der Waals surface area contributed by atoms with Crippen molar-refractivity contribution in [3.05, 3.63) is 245 Å². The Bertz CT molecular complexity index is 3260. The average Bonchev–Trinajstić information content (AvgIpc) is 3.95. The lowest BCUT2D eigenvalue weighted by Crippen LogP contribution is -2.26. The van der Waals surface area contributed by atoms with Crippen LogP contribution in [-0.2, 0) is 16.2 Å². The van der Waals surface area contributed by atoms with E-state index in [9.17, 15) is 0 Å². The summed E-state index contributed by atoms with van der Waals surface area (Å²) in [7, 11) is 0. The summed E-state index contributed by atoms with van der Waals surface area (Å²) in [6, 6.07) is 75.9. The molecule has 0 radical (unpaired) electrons. The molecule has 62 heavy (non-hydrogen) atoms. The SMILES string of the molecule is CC1(C)c2ccccc2-c2ccc(N(c3ccc4c(c3)C(C)(C)c3ccccc3-4)c3cccc4c3-c3ccccc3C43c4ccccc4-c4c(-c5ccccc5)cccc43)cc21. The van der Waals surface area contributed by atoms with Crippen molar-refractivity contribution in [3.63, 3.8) is 0 Å². The number of fused-ring (bicyclic) bond motifs is 16. The predicted molar refractivity (Wildman–Crippen MR) is 258 cm³/mol. The van der Waals surface area contributed by atoms with E-state index < -0.39 is 5.41 Å². The molecule has 294 valence electrons. The van der Waals surface area contributed by atoms with Crippen molar-refractivity contribution in [2.75, 3.05) is 4.90 Å². The third-order valence-electron chi connectivity index (χ3n) is 15.1. The second-order valence-electron chi connectivity index (χ2n) is 18.8. The highest BCUT2D eigenvalue weighted by molar-refractivity contribution is 6.04. The second kappa shape index (κ2) is 12.4. The van der Waals surface area contributed by atoms with E-state index in [-0.39, 0.29) is 10.8 Å². The van der Waals surface area contributed by atoms with Crippen LogP contribution in [-0.4, -0.2) is 0 Å². The molecule has 9 aromatic rings. The summed E-state index contributed by atoms with van der Waals surface area (Å²) < 4.78 is 0. The summed E-state index contributed by atoms with van der Waals surface area (Å²) in [6.07, 6.45) is 0. The molecule has 13 rings (SSSR count). The highest BCUT2D eigenvalue weighted by Crippen LogP contribution is 2.66. The molecule has 0 N–H and O–H groups in total. The smallest absolute Gasteiger partial charge is 0.0726 e. The second-order valence-corrected chi connectivity index (χ2v) is 18.8. The topological polar surface area (TPSA) is 3.24 Å². The van der Waals surface area contributed by atoms with E-state index in [1.807, 2.05) is 0 Å². The van der Waals surface area contributed by atoms with Gasteiger partial charge in [-0.25, -0.2) is 0 Å². The van der Waals surface area contributed by atoms with E-state index in [0.717, 1.165) is 0 Å². The zero-order valence-corrected chi connectivity index (χ0v) is 35.5. The van der Waals surface area contributed by atoms with Crippen LogP contribution in [0.1, 0.15) is 72.2 Å². The van der Waals surface area contributed by atoms with Gasteiger partial charge in [0.05, 0.1) is 11.1 Å². The van der Waals surface area contributed by atoms with Crippen molar-refractivity contribution < 1.29 is 0 Å². The van der Waals surface area contributed by atoms with Crippen LogP contribution in [0, 0.1) is 0 Å². The minimum Gasteiger partial charge on any atom is -0.310 e. The first-order valence-electron chi connectivity index (χ1n) is 22.1. The van der Waals surface area contributed by atoms with Crippen LogP contribution in [0.2, 0.25) is 0 Å². The van der Waals surface area contributed by atoms with Gasteiger partial charge in [-0.1, -0.05) is 198 Å². The standard InChI is InChI=1S/C61H45N/c1-59(2)48-25-12-8-20-42(48)44-34-32-39(36-54(44)59)62(40-33-35-45-43-21-9-13-26-49(43)60(3,4)55(45)37-40)56-31-17-30-53-58(56)47-23-11-15-28-51(47)61(53)50-27-14-10-22-46(50)57-41(24-16-29-52(57)61)38-18-6-5-7-19-38/h5-37H,1-4H3. The molecule has 9 aromatic carbocycles. The Hall–Kier alpha value is -7.22. The Morgan fingerprint density at radius 1 is 0.290 bits per heavy atom. The molecular formula is C61H45N. The fourth-order valence-electron chi connectivity index (χ4n) is 12.4. The molecule has 1 spiro atoms. The van der Waals surface area contributed by atoms with Crippen molar-refractivity contribution in [2.24, 2.45) is 0 Å². The molecule has 0 bridgehead atoms. The number of anilines is 3. The van der Waals surface area contributed by atoms with Crippen LogP contribution in [0.5, 0.6) is 0 Å². The van der Waals surface area contributed by atoms with Gasteiger partial charge in [0, 0.05) is 27.8 Å². The van der Waals surface area contributed by atoms with E-state index in [1.54, 1.807) is 0 Å². The Morgan fingerprint density at radius 2 is 0.694 bits per heavy atom. The van der Waals surface area contributed by atoms with Gasteiger partial charge in [0.1, 0.15) is 0 Å². The van der Waals surface area contributed by atoms with Gasteiger partial charge in [-0.15, -0.1) is 0 Å². The van der Waals surface area contributed by atoms with Crippen molar-refractivity contribution in [1.29, 1.82) is 0 Å². The Balaban J connectivity index is 1.10. The summed E-state index contributed by atoms with van der Waals surface area (Å²) in [6.45, 7) is 9.55. The fourth-order valence-corrected chi connectivity index (χ4v) is 12.4. The van der Waals surface area contributed by atoms with Gasteiger partial charge in [-0.2, -0.15) is 0 Å². The highest BCUT2D eigenvalue weighted by Gasteiger charge is 2.53. The van der Waals surface area contributed by atoms with Crippen molar-refractivity contribution in [3.8, 4) is 55.6 Å². The number of hydrogen-bond acceptors (Lipinski definition) is 1. The van der Waals surface area contributed by atoms with Gasteiger partial charge in [-0.3, -0.25) is 0 Å². The van der Waals surface area contributed by atoms with Crippen LogP contribution in [0.25, 0.3) is 55.6 Å². The Morgan fingerprint density at radius 3 is 1.26 bits per heavy atom. The van der Waals surface area contributed by atoms with Crippen molar-refractivity contribution >= 4 is 17.1 Å². The van der Waals surface area contributed by atoms with Crippen LogP contribution >= 0.6 is 0 Å². The molecule has 0 amide bonds. The zero-order valence-electron chi connectivity index (χ0n) is 35.5. The van der Waals surface area contributed by atoms with Crippen LogP contribution in [0.4, 0.5) is 17.1 Å². The third kappa shape index (κ3) is 4.43. The fraction of sp³-hybridized carbons (Fsp3) is 0.115. The van der Waals surface area contributed by atoms with Crippen molar-refractivity contribution in [2.45, 2.75) is 43.9 Å². The molecule has 0 aromatic heterocycles. The molecule has 1 atom stereocenters. The van der Waals surface area contributed by atoms with Gasteiger partial charge in [-0.05, 0) is 125 Å². The van der Waals surface area contributed by atoms with Gasteiger partial charge < -0.3 is 4.90 Å². The Kier molecular flexibility index (Phi) is 7.12. The number of benzene rings is 9. The summed E-state index contributed by atoms with van der Waals surface area (Å²) in [5.41, 5.74) is 26.7. The number of nitrogens with zero attached hydrogens (tertiary/aromatic N) is 1. The monoisotopic (exact) mass is 791 g/mol. The maximum Gasteiger partial charge on any atom is 0.0726 e. The predicted octanol–water partition coefficient (Wildman–Crippen LogP) is 15.8. The number of hydrogen-bond donors (Lipinski definition) is 0. The summed E-state index contributed by atoms with van der Waals surface area (Å²) >= 11 is 0. The number of rotatable bonds is 4. The maximum absolute atomic E-state index is 2.58. The first-order chi connectivity index (χ1) is 30.3. The van der Waals surface area contributed by atoms with Gasteiger partial charge in [0.15, 0.2) is 0 Å². The molecule has 0 saturated heterocycles. The summed E-state index contributed by atoms with van der Waals surface area (Å²) in [5.74, 6) is 0. The molecular weight excluding hydrogens is 747 g/mol. The van der Waals surface area contributed by atoms with E-state index in [0.29, 0.717) is 0 Å². The molecule has 1 nitrogen and oxygen atoms in total. The normalized spacial score (nSPS) is 17.0. The molecule has 1 unspecified atom stereocenters. The average molecular weight is 792 g/mol. The Labute approximate surface area is 364 Å². The lowest BCUT2D eigenvalue weighted by molar-refractivity contribution is 0.660. The van der Waals surface area contributed by atoms with Crippen LogP contribution in [0.3, 0.4) is 0 Å². The maximum atomic E-state index is 2.58. The van der Waals surface area contributed by atoms with Crippen LogP contribution in [0.15, 0.2) is 200 Å². The van der Waals surface area contributed by atoms with E-state index in [1.165, 1.54) is 117 Å². The summed E-state index contributed by atoms with van der Waals surface area (Å²) in [4.78, 5) is 2.58. The molecule has 4 aliphatic carbocycles. The minimum atomic E-state index is -0.493. The first kappa shape index (κ1) is 35.5. The molecule has 1 heteroatoms. The van der Waals surface area contributed by atoms with Crippen LogP contribution < -0.4 is 4.90 Å². The molecule has 0 aliphatic heterocycles. The quantitative estimate of drug-likeness (QED) is 0.172. The minimum absolute atomic E-state index is 0.141. The van der Waals surface area contributed by atoms with Gasteiger partial charge >= 0.3 is 0 Å². The molecule has 0 fully saturated rings. The molecule has 4 aliphatic rings. The van der Waals surface area contributed by atoms with Gasteiger partial charge in [0.2, 0.25) is 0 Å². The lowest BCUT2D eigenvalue weighted by Gasteiger charge is -2.33. The molecule has 0 heterocycles. The zero-order chi connectivity index (χ0) is 41.5. The third-order valence-corrected chi connectivity index (χ3v) is 15.1. The molecule has 0 saturated carbocycles. The lowest BCUT2D eigenvalue weighted by atomic mass is 9.70. The summed E-state index contributed by atoms with van der Waals surface area (Å²) in [5, 5.41) is 0. The first-order valence-corrected chi connectivity index (χ1v) is 22.1. The van der Waals surface area contributed by atoms with E-state index in [2.05, 4.69) is 233 Å². The highest BCUT2D eigenvalue weighted by atomic mass is 15.1.